The van der Waals surface area contributed by atoms with Crippen LogP contribution in [0.3, 0.4) is 0 Å². The lowest BCUT2D eigenvalue weighted by molar-refractivity contribution is -0.121. The topological polar surface area (TPSA) is 66.5 Å². The molecule has 194 valence electrons. The zero-order valence-corrected chi connectivity index (χ0v) is 22.2. The van der Waals surface area contributed by atoms with Crippen LogP contribution in [-0.4, -0.2) is 24.3 Å². The van der Waals surface area contributed by atoms with E-state index < -0.39 is 0 Å². The highest BCUT2D eigenvalue weighted by molar-refractivity contribution is 6.34. The lowest BCUT2D eigenvalue weighted by atomic mass is 9.85. The first kappa shape index (κ1) is 24.8. The molecule has 1 aliphatic carbocycles. The molecule has 0 saturated heterocycles. The fourth-order valence-electron chi connectivity index (χ4n) is 6.00. The Morgan fingerprint density at radius 2 is 1.33 bits per heavy atom. The Hall–Kier alpha value is -4.51. The number of hydrogen-bond acceptors (Lipinski definition) is 3. The maximum Gasteiger partial charge on any atom is 0.266 e. The smallest absolute Gasteiger partial charge is 0.266 e. The van der Waals surface area contributed by atoms with Crippen LogP contribution in [0.1, 0.15) is 70.0 Å². The van der Waals surface area contributed by atoms with Gasteiger partial charge in [0, 0.05) is 6.54 Å². The summed E-state index contributed by atoms with van der Waals surface area (Å²) in [5.41, 5.74) is 9.04. The van der Waals surface area contributed by atoms with Crippen LogP contribution < -0.4 is 10.2 Å². The van der Waals surface area contributed by atoms with Crippen LogP contribution in [0.5, 0.6) is 0 Å². The van der Waals surface area contributed by atoms with Crippen molar-refractivity contribution in [3.05, 3.63) is 113 Å². The lowest BCUT2D eigenvalue weighted by Crippen LogP contribution is -2.30. The first-order chi connectivity index (χ1) is 19.0. The highest BCUT2D eigenvalue weighted by Crippen LogP contribution is 2.49. The third-order valence-electron chi connectivity index (χ3n) is 7.75. The summed E-state index contributed by atoms with van der Waals surface area (Å²) in [6.07, 6.45) is 2.66. The highest BCUT2D eigenvalue weighted by Gasteiger charge is 2.37. The molecule has 0 bridgehead atoms. The first-order valence-electron chi connectivity index (χ1n) is 13.7. The number of nitrogens with zero attached hydrogens (tertiary/aromatic N) is 1. The van der Waals surface area contributed by atoms with Crippen LogP contribution >= 0.6 is 0 Å². The van der Waals surface area contributed by atoms with E-state index in [0.29, 0.717) is 23.4 Å². The third kappa shape index (κ3) is 3.97. The molecule has 0 spiro atoms. The van der Waals surface area contributed by atoms with Gasteiger partial charge in [0.05, 0.1) is 22.7 Å². The molecular formula is C34H30N2O3. The van der Waals surface area contributed by atoms with Gasteiger partial charge >= 0.3 is 0 Å². The van der Waals surface area contributed by atoms with Gasteiger partial charge in [-0.3, -0.25) is 14.4 Å². The van der Waals surface area contributed by atoms with Gasteiger partial charge < -0.3 is 5.32 Å². The van der Waals surface area contributed by atoms with Gasteiger partial charge in [0.25, 0.3) is 11.8 Å². The van der Waals surface area contributed by atoms with Crippen LogP contribution in [0.15, 0.2) is 84.9 Å². The van der Waals surface area contributed by atoms with E-state index in [0.717, 1.165) is 52.6 Å². The zero-order valence-electron chi connectivity index (χ0n) is 22.2. The Labute approximate surface area is 228 Å². The van der Waals surface area contributed by atoms with Crippen molar-refractivity contribution in [2.24, 2.45) is 0 Å². The van der Waals surface area contributed by atoms with Gasteiger partial charge in [0.1, 0.15) is 0 Å². The number of rotatable bonds is 7. The predicted molar refractivity (Wildman–Crippen MR) is 154 cm³/mol. The summed E-state index contributed by atoms with van der Waals surface area (Å²) in [5, 5.41) is 3.13. The molecule has 0 aromatic heterocycles. The van der Waals surface area contributed by atoms with Crippen LogP contribution in [-0.2, 0) is 11.2 Å². The van der Waals surface area contributed by atoms with E-state index in [9.17, 15) is 14.4 Å². The number of carbonyl (C=O) groups excluding carboxylic acids is 3. The van der Waals surface area contributed by atoms with Gasteiger partial charge in [-0.05, 0) is 76.1 Å². The second kappa shape index (κ2) is 9.99. The van der Waals surface area contributed by atoms with Gasteiger partial charge in [0.15, 0.2) is 0 Å². The molecule has 1 aliphatic heterocycles. The van der Waals surface area contributed by atoms with E-state index >= 15 is 0 Å². The second-order valence-electron chi connectivity index (χ2n) is 10.2. The molecule has 1 heterocycles. The molecule has 5 heteroatoms. The monoisotopic (exact) mass is 514 g/mol. The molecule has 1 unspecified atom stereocenters. The molecule has 1 N–H and O–H groups in total. The standard InChI is InChI=1S/C34H30N2O3/c1-3-9-25-23(18-19-27-24-10-5-6-11-26(24)31(30(25)27)32(37)35-20-4-2)21-14-16-22(17-15-21)36-33(38)28-12-7-8-13-29(28)34(36)39/h5-8,10-19,31H,3-4,9,20H2,1-2H3,(H,35,37). The summed E-state index contributed by atoms with van der Waals surface area (Å²) in [6, 6.07) is 27.0. The molecule has 0 radical (unpaired) electrons. The van der Waals surface area contributed by atoms with Gasteiger partial charge in [0.2, 0.25) is 5.91 Å². The number of carbonyl (C=O) groups is 3. The second-order valence-corrected chi connectivity index (χ2v) is 10.2. The zero-order chi connectivity index (χ0) is 27.1. The average Bonchev–Trinajstić information content (AvgIpc) is 3.44. The van der Waals surface area contributed by atoms with Gasteiger partial charge in [-0.15, -0.1) is 0 Å². The van der Waals surface area contributed by atoms with E-state index in [4.69, 9.17) is 0 Å². The van der Waals surface area contributed by atoms with Crippen molar-refractivity contribution in [3.8, 4) is 22.3 Å². The van der Waals surface area contributed by atoms with Crippen molar-refractivity contribution >= 4 is 23.4 Å². The number of amides is 3. The number of imide groups is 1. The molecule has 3 amide bonds. The fourth-order valence-corrected chi connectivity index (χ4v) is 6.00. The average molecular weight is 515 g/mol. The third-order valence-corrected chi connectivity index (χ3v) is 7.75. The molecule has 1 atom stereocenters. The van der Waals surface area contributed by atoms with Crippen molar-refractivity contribution in [1.82, 2.24) is 5.32 Å². The molecule has 0 fully saturated rings. The summed E-state index contributed by atoms with van der Waals surface area (Å²) >= 11 is 0. The Bertz CT molecular complexity index is 1590. The van der Waals surface area contributed by atoms with E-state index in [-0.39, 0.29) is 23.6 Å². The van der Waals surface area contributed by atoms with Gasteiger partial charge in [-0.1, -0.05) is 80.9 Å². The molecular weight excluding hydrogens is 484 g/mol. The van der Waals surface area contributed by atoms with Gasteiger partial charge in [-0.25, -0.2) is 4.90 Å². The molecule has 5 nitrogen and oxygen atoms in total. The largest absolute Gasteiger partial charge is 0.355 e. The fraction of sp³-hybridized carbons (Fsp3) is 0.206. The summed E-state index contributed by atoms with van der Waals surface area (Å²) in [4.78, 5) is 40.7. The van der Waals surface area contributed by atoms with Crippen LogP contribution in [0, 0.1) is 0 Å². The summed E-state index contributed by atoms with van der Waals surface area (Å²) in [6.45, 7) is 4.86. The summed E-state index contributed by atoms with van der Waals surface area (Å²) in [7, 11) is 0. The van der Waals surface area contributed by atoms with Crippen molar-refractivity contribution < 1.29 is 14.4 Å². The Morgan fingerprint density at radius 3 is 1.97 bits per heavy atom. The van der Waals surface area contributed by atoms with Crippen LogP contribution in [0.4, 0.5) is 5.69 Å². The van der Waals surface area contributed by atoms with E-state index in [1.54, 1.807) is 24.3 Å². The lowest BCUT2D eigenvalue weighted by Gasteiger charge is -2.20. The maximum absolute atomic E-state index is 13.5. The molecule has 6 rings (SSSR count). The maximum atomic E-state index is 13.5. The predicted octanol–water partition coefficient (Wildman–Crippen LogP) is 6.75. The van der Waals surface area contributed by atoms with Gasteiger partial charge in [-0.2, -0.15) is 0 Å². The number of anilines is 1. The van der Waals surface area contributed by atoms with Crippen molar-refractivity contribution in [3.63, 3.8) is 0 Å². The van der Waals surface area contributed by atoms with E-state index in [1.807, 2.05) is 36.4 Å². The van der Waals surface area contributed by atoms with Crippen molar-refractivity contribution in [2.75, 3.05) is 11.4 Å². The Morgan fingerprint density at radius 1 is 0.718 bits per heavy atom. The van der Waals surface area contributed by atoms with E-state index in [1.165, 1.54) is 10.5 Å². The molecule has 2 aliphatic rings. The van der Waals surface area contributed by atoms with Crippen molar-refractivity contribution in [1.29, 1.82) is 0 Å². The number of hydrogen-bond donors (Lipinski definition) is 1. The Balaban J connectivity index is 1.42. The molecule has 4 aromatic carbocycles. The molecule has 39 heavy (non-hydrogen) atoms. The SMILES string of the molecule is CCCNC(=O)C1c2ccccc2-c2ccc(-c3ccc(N4C(=O)c5ccccc5C4=O)cc3)c(CCC)c21. The summed E-state index contributed by atoms with van der Waals surface area (Å²) in [5.74, 6) is -0.905. The number of benzene rings is 4. The van der Waals surface area contributed by atoms with E-state index in [2.05, 4.69) is 43.4 Å². The minimum Gasteiger partial charge on any atom is -0.355 e. The highest BCUT2D eigenvalue weighted by atomic mass is 16.2. The van der Waals surface area contributed by atoms with Crippen molar-refractivity contribution in [2.45, 2.75) is 39.0 Å². The normalized spacial score (nSPS) is 15.2. The van der Waals surface area contributed by atoms with Crippen LogP contribution in [0.2, 0.25) is 0 Å². The first-order valence-corrected chi connectivity index (χ1v) is 13.7. The molecule has 4 aromatic rings. The van der Waals surface area contributed by atoms with Crippen LogP contribution in [0.25, 0.3) is 22.3 Å². The number of fused-ring (bicyclic) bond motifs is 4. The summed E-state index contributed by atoms with van der Waals surface area (Å²) < 4.78 is 0. The molecule has 0 saturated carbocycles. The number of nitrogens with one attached hydrogen (secondary N) is 1. The quantitative estimate of drug-likeness (QED) is 0.278. The minimum absolute atomic E-state index is 0.0403. The Kier molecular flexibility index (Phi) is 6.35. The minimum atomic E-state index is -0.345.